The van der Waals surface area contributed by atoms with Crippen molar-refractivity contribution in [1.82, 2.24) is 10.3 Å². The predicted octanol–water partition coefficient (Wildman–Crippen LogP) is 4.33. The van der Waals surface area contributed by atoms with Gasteiger partial charge in [0.25, 0.3) is 5.91 Å². The standard InChI is InChI=1S/C26H25N3O4S/c1-2-33-23-14-19(8-13-22(23)30)15-27-28-25(32)20-9-11-21(12-10-20)26-29(24(31)17-34-26)16-18-6-4-3-5-7-18/h3-15,26,30H,2,16-17H2,1H3,(H,28,32)/b27-15-/t26-/m1/s1. The SMILES string of the molecule is CCOc1cc(/C=N\NC(=O)c2ccc([C@H]3SCC(=O)N3Cc3ccccc3)cc2)ccc1O. The van der Waals surface area contributed by atoms with E-state index in [4.69, 9.17) is 4.74 Å². The highest BCUT2D eigenvalue weighted by molar-refractivity contribution is 8.00. The Balaban J connectivity index is 1.39. The Kier molecular flexibility index (Phi) is 7.49. The van der Waals surface area contributed by atoms with Gasteiger partial charge in [0.2, 0.25) is 5.91 Å². The van der Waals surface area contributed by atoms with Gasteiger partial charge in [0.1, 0.15) is 5.37 Å². The van der Waals surface area contributed by atoms with Crippen LogP contribution in [0.3, 0.4) is 0 Å². The zero-order chi connectivity index (χ0) is 23.9. The number of thioether (sulfide) groups is 1. The Hall–Kier alpha value is -3.78. The molecule has 3 aromatic carbocycles. The van der Waals surface area contributed by atoms with Crippen molar-refractivity contribution in [2.45, 2.75) is 18.8 Å². The molecule has 1 aliphatic rings. The maximum absolute atomic E-state index is 12.5. The number of phenols is 1. The summed E-state index contributed by atoms with van der Waals surface area (Å²) in [5, 5.41) is 13.7. The van der Waals surface area contributed by atoms with Crippen molar-refractivity contribution >= 4 is 29.8 Å². The summed E-state index contributed by atoms with van der Waals surface area (Å²) in [6.07, 6.45) is 1.48. The van der Waals surface area contributed by atoms with Gasteiger partial charge in [-0.25, -0.2) is 5.43 Å². The van der Waals surface area contributed by atoms with Crippen LogP contribution in [0, 0.1) is 0 Å². The number of benzene rings is 3. The smallest absolute Gasteiger partial charge is 0.271 e. The number of nitrogens with one attached hydrogen (secondary N) is 1. The van der Waals surface area contributed by atoms with Crippen molar-refractivity contribution < 1.29 is 19.4 Å². The summed E-state index contributed by atoms with van der Waals surface area (Å²) in [4.78, 5) is 26.8. The average Bonchev–Trinajstić information content (AvgIpc) is 3.22. The van der Waals surface area contributed by atoms with Crippen LogP contribution < -0.4 is 10.2 Å². The third-order valence-corrected chi connectivity index (χ3v) is 6.54. The monoisotopic (exact) mass is 475 g/mol. The summed E-state index contributed by atoms with van der Waals surface area (Å²) >= 11 is 1.59. The second-order valence-electron chi connectivity index (χ2n) is 7.65. The van der Waals surface area contributed by atoms with Crippen LogP contribution in [0.15, 0.2) is 77.9 Å². The van der Waals surface area contributed by atoms with Gasteiger partial charge < -0.3 is 14.7 Å². The van der Waals surface area contributed by atoms with Crippen LogP contribution in [0.2, 0.25) is 0 Å². The number of ether oxygens (including phenoxy) is 1. The van der Waals surface area contributed by atoms with E-state index >= 15 is 0 Å². The summed E-state index contributed by atoms with van der Waals surface area (Å²) < 4.78 is 5.35. The van der Waals surface area contributed by atoms with Crippen LogP contribution in [0.5, 0.6) is 11.5 Å². The Bertz CT molecular complexity index is 1180. The third kappa shape index (κ3) is 5.58. The number of amides is 2. The molecule has 2 amide bonds. The number of carbonyl (C=O) groups is 2. The highest BCUT2D eigenvalue weighted by atomic mass is 32.2. The van der Waals surface area contributed by atoms with Gasteiger partial charge >= 0.3 is 0 Å². The molecule has 7 nitrogen and oxygen atoms in total. The van der Waals surface area contributed by atoms with Crippen molar-refractivity contribution in [3.8, 4) is 11.5 Å². The van der Waals surface area contributed by atoms with Crippen molar-refractivity contribution in [3.63, 3.8) is 0 Å². The fraction of sp³-hybridized carbons (Fsp3) is 0.192. The normalized spacial score (nSPS) is 15.6. The number of phenolic OH excluding ortho intramolecular Hbond substituents is 1. The van der Waals surface area contributed by atoms with E-state index in [1.54, 1.807) is 36.0 Å². The van der Waals surface area contributed by atoms with E-state index < -0.39 is 0 Å². The van der Waals surface area contributed by atoms with Gasteiger partial charge in [0.05, 0.1) is 18.6 Å². The number of hydrogen-bond donors (Lipinski definition) is 2. The molecule has 1 fully saturated rings. The van der Waals surface area contributed by atoms with Crippen molar-refractivity contribution in [1.29, 1.82) is 0 Å². The second-order valence-corrected chi connectivity index (χ2v) is 8.72. The van der Waals surface area contributed by atoms with Gasteiger partial charge in [-0.2, -0.15) is 5.10 Å². The number of aromatic hydroxyl groups is 1. The van der Waals surface area contributed by atoms with Gasteiger partial charge in [-0.15, -0.1) is 11.8 Å². The third-order valence-electron chi connectivity index (χ3n) is 5.29. The van der Waals surface area contributed by atoms with Gasteiger partial charge in [-0.3, -0.25) is 9.59 Å². The molecular weight excluding hydrogens is 450 g/mol. The van der Waals surface area contributed by atoms with E-state index in [1.165, 1.54) is 12.3 Å². The molecule has 0 spiro atoms. The van der Waals surface area contributed by atoms with E-state index in [0.29, 0.717) is 35.8 Å². The van der Waals surface area contributed by atoms with Crippen molar-refractivity contribution in [3.05, 3.63) is 95.1 Å². The Morgan fingerprint density at radius 1 is 1.18 bits per heavy atom. The van der Waals surface area contributed by atoms with Crippen LogP contribution in [0.4, 0.5) is 0 Å². The molecule has 0 saturated carbocycles. The molecule has 0 aliphatic carbocycles. The van der Waals surface area contributed by atoms with Crippen LogP contribution in [-0.4, -0.2) is 40.4 Å². The first-order valence-electron chi connectivity index (χ1n) is 10.9. The lowest BCUT2D eigenvalue weighted by Crippen LogP contribution is -2.27. The summed E-state index contributed by atoms with van der Waals surface area (Å²) in [5.41, 5.74) is 5.71. The van der Waals surface area contributed by atoms with Crippen molar-refractivity contribution in [2.24, 2.45) is 5.10 Å². The number of carbonyl (C=O) groups excluding carboxylic acids is 2. The van der Waals surface area contributed by atoms with Crippen LogP contribution in [-0.2, 0) is 11.3 Å². The van der Waals surface area contributed by atoms with E-state index in [0.717, 1.165) is 11.1 Å². The molecule has 0 aromatic heterocycles. The van der Waals surface area contributed by atoms with Gasteiger partial charge in [0, 0.05) is 12.1 Å². The molecule has 4 rings (SSSR count). The molecule has 3 aromatic rings. The largest absolute Gasteiger partial charge is 0.504 e. The molecule has 1 atom stereocenters. The zero-order valence-corrected chi connectivity index (χ0v) is 19.5. The van der Waals surface area contributed by atoms with Crippen LogP contribution >= 0.6 is 11.8 Å². The fourth-order valence-electron chi connectivity index (χ4n) is 3.59. The lowest BCUT2D eigenvalue weighted by atomic mass is 10.1. The zero-order valence-electron chi connectivity index (χ0n) is 18.7. The van der Waals surface area contributed by atoms with Crippen molar-refractivity contribution in [2.75, 3.05) is 12.4 Å². The first kappa shape index (κ1) is 23.4. The maximum Gasteiger partial charge on any atom is 0.271 e. The molecule has 0 radical (unpaired) electrons. The summed E-state index contributed by atoms with van der Waals surface area (Å²) in [6.45, 7) is 2.81. The Labute approximate surface area is 202 Å². The van der Waals surface area contributed by atoms with E-state index in [9.17, 15) is 14.7 Å². The van der Waals surface area contributed by atoms with E-state index in [2.05, 4.69) is 10.5 Å². The molecule has 34 heavy (non-hydrogen) atoms. The highest BCUT2D eigenvalue weighted by Gasteiger charge is 2.32. The summed E-state index contributed by atoms with van der Waals surface area (Å²) in [5.74, 6) is 0.613. The topological polar surface area (TPSA) is 91.2 Å². The first-order valence-corrected chi connectivity index (χ1v) is 11.9. The molecule has 8 heteroatoms. The Morgan fingerprint density at radius 2 is 1.94 bits per heavy atom. The predicted molar refractivity (Wildman–Crippen MR) is 133 cm³/mol. The number of hydrazone groups is 1. The molecule has 1 heterocycles. The van der Waals surface area contributed by atoms with Gasteiger partial charge in [0.15, 0.2) is 11.5 Å². The Morgan fingerprint density at radius 3 is 2.68 bits per heavy atom. The molecular formula is C26H25N3O4S. The molecule has 174 valence electrons. The quantitative estimate of drug-likeness (QED) is 0.374. The number of hydrogen-bond acceptors (Lipinski definition) is 6. The highest BCUT2D eigenvalue weighted by Crippen LogP contribution is 2.39. The van der Waals surface area contributed by atoms with Crippen LogP contribution in [0.25, 0.3) is 0 Å². The minimum Gasteiger partial charge on any atom is -0.504 e. The number of nitrogens with zero attached hydrogens (tertiary/aromatic N) is 2. The van der Waals surface area contributed by atoms with E-state index in [1.807, 2.05) is 54.3 Å². The van der Waals surface area contributed by atoms with E-state index in [-0.39, 0.29) is 22.9 Å². The fourth-order valence-corrected chi connectivity index (χ4v) is 4.78. The van der Waals surface area contributed by atoms with Gasteiger partial charge in [-0.05, 0) is 53.9 Å². The minimum absolute atomic E-state index is 0.0487. The molecule has 0 unspecified atom stereocenters. The molecule has 1 aliphatic heterocycles. The average molecular weight is 476 g/mol. The summed E-state index contributed by atoms with van der Waals surface area (Å²) in [7, 11) is 0. The number of rotatable bonds is 8. The minimum atomic E-state index is -0.345. The lowest BCUT2D eigenvalue weighted by molar-refractivity contribution is -0.128. The second kappa shape index (κ2) is 10.9. The first-order chi connectivity index (χ1) is 16.5. The molecule has 1 saturated heterocycles. The molecule has 0 bridgehead atoms. The van der Waals surface area contributed by atoms with Gasteiger partial charge in [-0.1, -0.05) is 42.5 Å². The summed E-state index contributed by atoms with van der Waals surface area (Å²) in [6, 6.07) is 22.0. The lowest BCUT2D eigenvalue weighted by Gasteiger charge is -2.24. The molecule has 2 N–H and O–H groups in total. The van der Waals surface area contributed by atoms with Crippen LogP contribution in [0.1, 0.15) is 39.3 Å². The maximum atomic E-state index is 12.5.